The molecule has 0 aliphatic heterocycles. The Balaban J connectivity index is 1.33. The molecule has 1 heteroatoms. The summed E-state index contributed by atoms with van der Waals surface area (Å²) in [5.41, 5.74) is 6.97. The van der Waals surface area contributed by atoms with Crippen LogP contribution < -0.4 is 0 Å². The van der Waals surface area contributed by atoms with Crippen molar-refractivity contribution in [2.75, 3.05) is 0 Å². The van der Waals surface area contributed by atoms with Crippen LogP contribution in [-0.4, -0.2) is 0 Å². The third kappa shape index (κ3) is 3.63. The van der Waals surface area contributed by atoms with Gasteiger partial charge in [0.1, 0.15) is 11.2 Å². The lowest BCUT2D eigenvalue weighted by atomic mass is 9.86. The Kier molecular flexibility index (Phi) is 5.28. The second-order valence-corrected chi connectivity index (χ2v) is 10.4. The van der Waals surface area contributed by atoms with Gasteiger partial charge in [-0.25, -0.2) is 0 Å². The number of hydrogen-bond acceptors (Lipinski definition) is 1. The molecule has 1 nitrogen and oxygen atoms in total. The molecule has 0 radical (unpaired) electrons. The molecule has 0 aliphatic rings. The molecule has 0 fully saturated rings. The van der Waals surface area contributed by atoms with E-state index in [-0.39, 0.29) is 0 Å². The quantitative estimate of drug-likeness (QED) is 0.169. The van der Waals surface area contributed by atoms with E-state index in [1.165, 1.54) is 65.3 Å². The van der Waals surface area contributed by atoms with Gasteiger partial charge in [0.25, 0.3) is 0 Å². The Labute approximate surface area is 232 Å². The second-order valence-electron chi connectivity index (χ2n) is 10.4. The fourth-order valence-electron chi connectivity index (χ4n) is 6.28. The maximum Gasteiger partial charge on any atom is 0.135 e. The minimum atomic E-state index is 0.847. The van der Waals surface area contributed by atoms with Crippen LogP contribution in [0.4, 0.5) is 0 Å². The van der Waals surface area contributed by atoms with Gasteiger partial charge in [-0.05, 0) is 79.2 Å². The van der Waals surface area contributed by atoms with Crippen molar-refractivity contribution >= 4 is 60.3 Å². The van der Waals surface area contributed by atoms with Gasteiger partial charge in [-0.1, -0.05) is 127 Å². The lowest BCUT2D eigenvalue weighted by Gasteiger charge is -2.17. The molecule has 8 rings (SSSR count). The molecule has 0 atom stereocenters. The van der Waals surface area contributed by atoms with Crippen molar-refractivity contribution in [2.24, 2.45) is 0 Å². The molecule has 0 bridgehead atoms. The molecule has 1 heterocycles. The molecule has 0 aliphatic carbocycles. The van der Waals surface area contributed by atoms with Crippen LogP contribution in [0.2, 0.25) is 0 Å². The zero-order valence-electron chi connectivity index (χ0n) is 22.0. The Morgan fingerprint density at radius 2 is 1.20 bits per heavy atom. The predicted octanol–water partition coefficient (Wildman–Crippen LogP) is 11.0. The van der Waals surface area contributed by atoms with Crippen molar-refractivity contribution in [3.05, 3.63) is 151 Å². The van der Waals surface area contributed by atoms with Gasteiger partial charge in [0.05, 0.1) is 0 Å². The number of furan rings is 1. The highest BCUT2D eigenvalue weighted by Crippen LogP contribution is 2.43. The third-order valence-electron chi connectivity index (χ3n) is 8.10. The predicted molar refractivity (Wildman–Crippen MR) is 171 cm³/mol. The molecule has 0 spiro atoms. The normalized spacial score (nSPS) is 12.0. The van der Waals surface area contributed by atoms with Gasteiger partial charge >= 0.3 is 0 Å². The Hall–Kier alpha value is -5.14. The van der Waals surface area contributed by atoms with Crippen LogP contribution in [0.3, 0.4) is 0 Å². The number of para-hydroxylation sites is 1. The lowest BCUT2D eigenvalue weighted by Crippen LogP contribution is -1.91. The first kappa shape index (κ1) is 22.8. The van der Waals surface area contributed by atoms with Crippen LogP contribution in [0.25, 0.3) is 71.5 Å². The molecule has 0 saturated heterocycles. The van der Waals surface area contributed by atoms with Crippen molar-refractivity contribution in [3.63, 3.8) is 0 Å². The molecule has 0 amide bonds. The summed E-state index contributed by atoms with van der Waals surface area (Å²) in [4.78, 5) is 0. The van der Waals surface area contributed by atoms with E-state index < -0.39 is 0 Å². The average Bonchev–Trinajstić information content (AvgIpc) is 3.39. The molecule has 0 N–H and O–H groups in total. The van der Waals surface area contributed by atoms with Gasteiger partial charge in [-0.15, -0.1) is 0 Å². The van der Waals surface area contributed by atoms with Crippen LogP contribution in [0, 0.1) is 0 Å². The smallest absolute Gasteiger partial charge is 0.135 e. The minimum Gasteiger partial charge on any atom is -0.456 e. The Bertz CT molecular complexity index is 2230. The zero-order chi connectivity index (χ0) is 26.5. The summed E-state index contributed by atoms with van der Waals surface area (Å²) >= 11 is 0. The first-order valence-corrected chi connectivity index (χ1v) is 13.8. The summed E-state index contributed by atoms with van der Waals surface area (Å²) in [5, 5.41) is 10.0. The topological polar surface area (TPSA) is 13.1 Å². The molecule has 0 saturated carbocycles. The standard InChI is InChI=1S/C39H26O/c1-2-13-28(14-3-1)38-33-18-7-6-16-30(33)31(34-23-22-27-12-4-5-15-29(27)39(34)38)19-10-11-26-21-24-37-35(25-26)32-17-8-9-20-36(32)40-37/h1-10,12-25H,11H2/b19-10+. The Morgan fingerprint density at radius 1 is 0.500 bits per heavy atom. The molecule has 8 aromatic rings. The molecule has 7 aromatic carbocycles. The molecular formula is C39H26O. The monoisotopic (exact) mass is 510 g/mol. The molecule has 1 aromatic heterocycles. The van der Waals surface area contributed by atoms with E-state index in [1.54, 1.807) is 0 Å². The van der Waals surface area contributed by atoms with Gasteiger partial charge in [0.2, 0.25) is 0 Å². The van der Waals surface area contributed by atoms with Gasteiger partial charge in [0.15, 0.2) is 0 Å². The number of rotatable bonds is 4. The van der Waals surface area contributed by atoms with Gasteiger partial charge in [0, 0.05) is 10.8 Å². The van der Waals surface area contributed by atoms with Crippen LogP contribution in [-0.2, 0) is 6.42 Å². The fourth-order valence-corrected chi connectivity index (χ4v) is 6.28. The van der Waals surface area contributed by atoms with Crippen molar-refractivity contribution in [3.8, 4) is 11.1 Å². The number of allylic oxidation sites excluding steroid dienone is 1. The van der Waals surface area contributed by atoms with Crippen LogP contribution in [0.15, 0.2) is 144 Å². The third-order valence-corrected chi connectivity index (χ3v) is 8.10. The molecular weight excluding hydrogens is 484 g/mol. The van der Waals surface area contributed by atoms with E-state index in [9.17, 15) is 0 Å². The highest BCUT2D eigenvalue weighted by molar-refractivity contribution is 6.25. The summed E-state index contributed by atoms with van der Waals surface area (Å²) in [7, 11) is 0. The summed E-state index contributed by atoms with van der Waals surface area (Å²) in [6.45, 7) is 0. The molecule has 40 heavy (non-hydrogen) atoms. The highest BCUT2D eigenvalue weighted by atomic mass is 16.3. The largest absolute Gasteiger partial charge is 0.456 e. The SMILES string of the molecule is C(=C\c1c2ccccc2c(-c2ccccc2)c2c1ccc1ccccc12)/Cc1ccc2oc3ccccc3c2c1. The second kappa shape index (κ2) is 9.25. The summed E-state index contributed by atoms with van der Waals surface area (Å²) in [6, 6.07) is 47.8. The van der Waals surface area contributed by atoms with Crippen molar-refractivity contribution in [2.45, 2.75) is 6.42 Å². The fraction of sp³-hybridized carbons (Fsp3) is 0.0256. The maximum absolute atomic E-state index is 6.04. The first-order valence-electron chi connectivity index (χ1n) is 13.8. The van der Waals surface area contributed by atoms with Gasteiger partial charge in [-0.3, -0.25) is 0 Å². The number of hydrogen-bond donors (Lipinski definition) is 0. The molecule has 188 valence electrons. The molecule has 0 unspecified atom stereocenters. The van der Waals surface area contributed by atoms with E-state index >= 15 is 0 Å². The lowest BCUT2D eigenvalue weighted by molar-refractivity contribution is 0.669. The van der Waals surface area contributed by atoms with E-state index in [1.807, 2.05) is 12.1 Å². The zero-order valence-corrected chi connectivity index (χ0v) is 22.0. The summed E-state index contributed by atoms with van der Waals surface area (Å²) in [6.07, 6.45) is 5.48. The van der Waals surface area contributed by atoms with Crippen LogP contribution in [0.5, 0.6) is 0 Å². The van der Waals surface area contributed by atoms with Gasteiger partial charge < -0.3 is 4.42 Å². The average molecular weight is 511 g/mol. The van der Waals surface area contributed by atoms with E-state index in [0.717, 1.165) is 17.6 Å². The van der Waals surface area contributed by atoms with E-state index in [4.69, 9.17) is 4.42 Å². The van der Waals surface area contributed by atoms with Crippen molar-refractivity contribution in [1.82, 2.24) is 0 Å². The maximum atomic E-state index is 6.04. The van der Waals surface area contributed by atoms with Crippen LogP contribution in [0.1, 0.15) is 11.1 Å². The number of benzene rings is 7. The van der Waals surface area contributed by atoms with E-state index in [2.05, 4.69) is 133 Å². The summed E-state index contributed by atoms with van der Waals surface area (Å²) in [5.74, 6) is 0. The van der Waals surface area contributed by atoms with Crippen LogP contribution >= 0.6 is 0 Å². The highest BCUT2D eigenvalue weighted by Gasteiger charge is 2.16. The van der Waals surface area contributed by atoms with Crippen molar-refractivity contribution < 1.29 is 4.42 Å². The number of fused-ring (bicyclic) bond motifs is 7. The van der Waals surface area contributed by atoms with Crippen molar-refractivity contribution in [1.29, 1.82) is 0 Å². The summed E-state index contributed by atoms with van der Waals surface area (Å²) < 4.78 is 6.04. The van der Waals surface area contributed by atoms with Gasteiger partial charge in [-0.2, -0.15) is 0 Å². The first-order chi connectivity index (χ1) is 19.8. The Morgan fingerprint density at radius 3 is 2.08 bits per heavy atom. The van der Waals surface area contributed by atoms with E-state index in [0.29, 0.717) is 0 Å². The minimum absolute atomic E-state index is 0.847.